The number of hydrogen-bond donors (Lipinski definition) is 2. The van der Waals surface area contributed by atoms with Crippen LogP contribution in [-0.2, 0) is 0 Å². The summed E-state index contributed by atoms with van der Waals surface area (Å²) in [6.45, 7) is 7.37. The first kappa shape index (κ1) is 17.3. The number of piperazine rings is 1. The lowest BCUT2D eigenvalue weighted by molar-refractivity contribution is 0.0697. The Labute approximate surface area is 145 Å². The number of anilines is 1. The fraction of sp³-hybridized carbons (Fsp3) is 0.389. The van der Waals surface area contributed by atoms with Crippen LogP contribution in [0.15, 0.2) is 24.4 Å². The molecule has 132 valence electrons. The van der Waals surface area contributed by atoms with E-state index in [4.69, 9.17) is 0 Å². The summed E-state index contributed by atoms with van der Waals surface area (Å²) in [5.74, 6) is -0.978. The number of aromatic nitrogens is 2. The summed E-state index contributed by atoms with van der Waals surface area (Å²) in [5, 5.41) is 12.9. The van der Waals surface area contributed by atoms with Crippen LogP contribution in [-0.4, -0.2) is 46.2 Å². The van der Waals surface area contributed by atoms with Crippen molar-refractivity contribution in [1.29, 1.82) is 0 Å². The highest BCUT2D eigenvalue weighted by molar-refractivity contribution is 5.95. The van der Waals surface area contributed by atoms with E-state index < -0.39 is 5.97 Å². The molecule has 0 bridgehead atoms. The molecule has 1 saturated heterocycles. The lowest BCUT2D eigenvalue weighted by Gasteiger charge is -2.36. The number of aryl methyl sites for hydroxylation is 1. The normalized spacial score (nSPS) is 20.6. The zero-order chi connectivity index (χ0) is 18.1. The summed E-state index contributed by atoms with van der Waals surface area (Å²) in [6, 6.07) is 4.80. The minimum atomic E-state index is -1.10. The predicted molar refractivity (Wildman–Crippen MR) is 93.4 cm³/mol. The van der Waals surface area contributed by atoms with Gasteiger partial charge in [-0.1, -0.05) is 0 Å². The van der Waals surface area contributed by atoms with Gasteiger partial charge in [0.05, 0.1) is 5.69 Å². The summed E-state index contributed by atoms with van der Waals surface area (Å²) in [7, 11) is 0. The van der Waals surface area contributed by atoms with Crippen LogP contribution < -0.4 is 10.2 Å². The number of halogens is 1. The van der Waals surface area contributed by atoms with Gasteiger partial charge in [0.15, 0.2) is 0 Å². The maximum atomic E-state index is 13.4. The van der Waals surface area contributed by atoms with Crippen LogP contribution in [0.1, 0.15) is 29.8 Å². The first-order valence-corrected chi connectivity index (χ1v) is 8.23. The second kappa shape index (κ2) is 6.76. The fourth-order valence-corrected chi connectivity index (χ4v) is 3.27. The van der Waals surface area contributed by atoms with E-state index >= 15 is 0 Å². The fourth-order valence-electron chi connectivity index (χ4n) is 3.27. The molecule has 0 saturated carbocycles. The highest BCUT2D eigenvalue weighted by atomic mass is 19.1. The van der Waals surface area contributed by atoms with Crippen molar-refractivity contribution in [3.63, 3.8) is 0 Å². The van der Waals surface area contributed by atoms with Gasteiger partial charge in [0.25, 0.3) is 0 Å². The molecule has 1 aliphatic rings. The Morgan fingerprint density at radius 2 is 2.00 bits per heavy atom. The largest absolute Gasteiger partial charge is 0.478 e. The van der Waals surface area contributed by atoms with Crippen molar-refractivity contribution in [2.24, 2.45) is 0 Å². The van der Waals surface area contributed by atoms with Gasteiger partial charge in [0.2, 0.25) is 5.95 Å². The molecule has 6 nitrogen and oxygen atoms in total. The number of carboxylic acids is 1. The average Bonchev–Trinajstić information content (AvgIpc) is 2.53. The molecule has 1 aliphatic heterocycles. The van der Waals surface area contributed by atoms with Crippen molar-refractivity contribution in [2.75, 3.05) is 18.0 Å². The van der Waals surface area contributed by atoms with Crippen molar-refractivity contribution < 1.29 is 14.3 Å². The van der Waals surface area contributed by atoms with Gasteiger partial charge in [-0.05, 0) is 44.5 Å². The minimum absolute atomic E-state index is 0.00897. The number of carbonyl (C=O) groups is 1. The van der Waals surface area contributed by atoms with Crippen molar-refractivity contribution in [3.05, 3.63) is 41.3 Å². The van der Waals surface area contributed by atoms with Crippen molar-refractivity contribution in [2.45, 2.75) is 32.9 Å². The van der Waals surface area contributed by atoms with Crippen LogP contribution in [0.3, 0.4) is 0 Å². The van der Waals surface area contributed by atoms with Gasteiger partial charge in [0.1, 0.15) is 11.4 Å². The molecule has 2 N–H and O–H groups in total. The number of rotatable bonds is 3. The van der Waals surface area contributed by atoms with Crippen LogP contribution in [0.25, 0.3) is 11.3 Å². The smallest absolute Gasteiger partial charge is 0.339 e. The standard InChI is InChI=1S/C18H21FN4O2/c1-10-6-13(19)4-5-14(10)16-15(17(24)25)7-20-18(22-16)23-8-11(2)21-12(3)9-23/h4-7,11-12,21H,8-9H2,1-3H3,(H,24,25)/t11-,12+. The molecule has 0 amide bonds. The molecule has 0 unspecified atom stereocenters. The number of nitrogens with one attached hydrogen (secondary N) is 1. The Hall–Kier alpha value is -2.54. The molecule has 3 rings (SSSR count). The van der Waals surface area contributed by atoms with Crippen molar-refractivity contribution in [3.8, 4) is 11.3 Å². The lowest BCUT2D eigenvalue weighted by Crippen LogP contribution is -2.54. The summed E-state index contributed by atoms with van der Waals surface area (Å²) < 4.78 is 13.4. The van der Waals surface area contributed by atoms with Crippen LogP contribution >= 0.6 is 0 Å². The number of nitrogens with zero attached hydrogens (tertiary/aromatic N) is 3. The molecule has 0 radical (unpaired) electrons. The van der Waals surface area contributed by atoms with Gasteiger partial charge in [-0.15, -0.1) is 0 Å². The number of benzene rings is 1. The van der Waals surface area contributed by atoms with E-state index in [1.54, 1.807) is 13.0 Å². The maximum absolute atomic E-state index is 13.4. The molecule has 1 fully saturated rings. The summed E-state index contributed by atoms with van der Waals surface area (Å²) in [4.78, 5) is 22.4. The molecule has 2 aromatic rings. The van der Waals surface area contributed by atoms with Gasteiger partial charge in [-0.25, -0.2) is 19.2 Å². The molecule has 0 spiro atoms. The van der Waals surface area contributed by atoms with E-state index in [0.717, 1.165) is 13.1 Å². The Bertz CT molecular complexity index is 802. The second-order valence-corrected chi connectivity index (χ2v) is 6.57. The zero-order valence-electron chi connectivity index (χ0n) is 14.5. The minimum Gasteiger partial charge on any atom is -0.478 e. The third-order valence-corrected chi connectivity index (χ3v) is 4.29. The third-order valence-electron chi connectivity index (χ3n) is 4.29. The predicted octanol–water partition coefficient (Wildman–Crippen LogP) is 2.48. The van der Waals surface area contributed by atoms with Gasteiger partial charge in [-0.3, -0.25) is 0 Å². The molecule has 7 heteroatoms. The van der Waals surface area contributed by atoms with E-state index in [0.29, 0.717) is 22.8 Å². The molecule has 2 heterocycles. The molecule has 1 aromatic heterocycles. The van der Waals surface area contributed by atoms with Crippen LogP contribution in [0.2, 0.25) is 0 Å². The number of carboxylic acid groups (broad SMARTS) is 1. The summed E-state index contributed by atoms with van der Waals surface area (Å²) >= 11 is 0. The van der Waals surface area contributed by atoms with E-state index in [2.05, 4.69) is 29.1 Å². The third kappa shape index (κ3) is 3.61. The molecular formula is C18H21FN4O2. The number of aromatic carboxylic acids is 1. The molecule has 0 aliphatic carbocycles. The first-order valence-electron chi connectivity index (χ1n) is 8.23. The van der Waals surface area contributed by atoms with E-state index in [1.807, 2.05) is 4.90 Å². The van der Waals surface area contributed by atoms with Gasteiger partial charge < -0.3 is 15.3 Å². The quantitative estimate of drug-likeness (QED) is 0.891. The summed E-state index contributed by atoms with van der Waals surface area (Å²) in [6.07, 6.45) is 1.33. The number of hydrogen-bond acceptors (Lipinski definition) is 5. The molecular weight excluding hydrogens is 323 g/mol. The molecule has 1 aromatic carbocycles. The highest BCUT2D eigenvalue weighted by Crippen LogP contribution is 2.27. The van der Waals surface area contributed by atoms with E-state index in [1.165, 1.54) is 18.3 Å². The lowest BCUT2D eigenvalue weighted by atomic mass is 10.0. The summed E-state index contributed by atoms with van der Waals surface area (Å²) in [5.41, 5.74) is 1.55. The zero-order valence-corrected chi connectivity index (χ0v) is 14.5. The van der Waals surface area contributed by atoms with Crippen LogP contribution in [0.5, 0.6) is 0 Å². The monoisotopic (exact) mass is 344 g/mol. The topological polar surface area (TPSA) is 78.4 Å². The average molecular weight is 344 g/mol. The van der Waals surface area contributed by atoms with Crippen molar-refractivity contribution in [1.82, 2.24) is 15.3 Å². The Balaban J connectivity index is 2.08. The Kier molecular flexibility index (Phi) is 4.67. The first-order chi connectivity index (χ1) is 11.8. The van der Waals surface area contributed by atoms with Gasteiger partial charge in [-0.2, -0.15) is 0 Å². The highest BCUT2D eigenvalue weighted by Gasteiger charge is 2.25. The van der Waals surface area contributed by atoms with Crippen LogP contribution in [0, 0.1) is 12.7 Å². The van der Waals surface area contributed by atoms with Gasteiger partial charge in [0, 0.05) is 36.9 Å². The molecule has 25 heavy (non-hydrogen) atoms. The van der Waals surface area contributed by atoms with Gasteiger partial charge >= 0.3 is 5.97 Å². The van der Waals surface area contributed by atoms with Crippen molar-refractivity contribution >= 4 is 11.9 Å². The molecule has 2 atom stereocenters. The SMILES string of the molecule is Cc1cc(F)ccc1-c1nc(N2C[C@@H](C)N[C@@H](C)C2)ncc1C(=O)O. The van der Waals surface area contributed by atoms with Crippen LogP contribution in [0.4, 0.5) is 10.3 Å². The maximum Gasteiger partial charge on any atom is 0.339 e. The Morgan fingerprint density at radius 1 is 1.32 bits per heavy atom. The second-order valence-electron chi connectivity index (χ2n) is 6.57. The van der Waals surface area contributed by atoms with E-state index in [9.17, 15) is 14.3 Å². The Morgan fingerprint density at radius 3 is 2.60 bits per heavy atom. The van der Waals surface area contributed by atoms with E-state index in [-0.39, 0.29) is 23.5 Å².